The van der Waals surface area contributed by atoms with Gasteiger partial charge in [-0.15, -0.1) is 5.92 Å². The monoisotopic (exact) mass is 140 g/mol. The molecule has 0 aliphatic carbocycles. The second-order valence-electron chi connectivity index (χ2n) is 1.94. The van der Waals surface area contributed by atoms with E-state index in [0.29, 0.717) is 0 Å². The summed E-state index contributed by atoms with van der Waals surface area (Å²) in [7, 11) is 0. The molecule has 0 fully saturated rings. The van der Waals surface area contributed by atoms with E-state index < -0.39 is 0 Å². The van der Waals surface area contributed by atoms with Crippen LogP contribution in [0.2, 0.25) is 0 Å². The van der Waals surface area contributed by atoms with E-state index in [1.165, 1.54) is 0 Å². The minimum atomic E-state index is 0.167. The number of rotatable bonds is 4. The molecule has 0 saturated heterocycles. The number of nitrogens with one attached hydrogen (secondary N) is 2. The quantitative estimate of drug-likeness (QED) is 0.440. The minimum Gasteiger partial charge on any atom is -0.292 e. The summed E-state index contributed by atoms with van der Waals surface area (Å²) in [5.41, 5.74) is 0. The second-order valence-corrected chi connectivity index (χ2v) is 1.94. The zero-order valence-corrected chi connectivity index (χ0v) is 6.99. The average Bonchev–Trinajstić information content (AvgIpc) is 1.90. The first-order valence-corrected chi connectivity index (χ1v) is 3.74. The normalized spacial score (nSPS) is 9.20. The Bertz CT molecular complexity index is 115. The Hall–Kier alpha value is -0.520. The summed E-state index contributed by atoms with van der Waals surface area (Å²) in [5.74, 6) is 5.87. The van der Waals surface area contributed by atoms with Crippen LogP contribution in [0, 0.1) is 11.8 Å². The van der Waals surface area contributed by atoms with Crippen molar-refractivity contribution in [1.29, 1.82) is 0 Å². The van der Waals surface area contributed by atoms with Gasteiger partial charge in [0.25, 0.3) is 0 Å². The van der Waals surface area contributed by atoms with Crippen molar-refractivity contribution in [2.24, 2.45) is 0 Å². The van der Waals surface area contributed by atoms with Crippen molar-refractivity contribution in [2.75, 3.05) is 13.1 Å². The van der Waals surface area contributed by atoms with E-state index in [1.807, 2.05) is 6.92 Å². The van der Waals surface area contributed by atoms with E-state index >= 15 is 0 Å². The van der Waals surface area contributed by atoms with Crippen LogP contribution in [-0.2, 0) is 0 Å². The molecule has 10 heavy (non-hydrogen) atoms. The maximum absolute atomic E-state index is 3.20. The molecule has 0 unspecified atom stereocenters. The van der Waals surface area contributed by atoms with Gasteiger partial charge >= 0.3 is 0 Å². The van der Waals surface area contributed by atoms with E-state index in [2.05, 4.69) is 36.3 Å². The third-order valence-electron chi connectivity index (χ3n) is 1.11. The van der Waals surface area contributed by atoms with Gasteiger partial charge in [-0.1, -0.05) is 19.8 Å². The Kier molecular flexibility index (Phi) is 6.25. The molecule has 0 radical (unpaired) electrons. The smallest absolute Gasteiger partial charge is 0.121 e. The topological polar surface area (TPSA) is 24.1 Å². The third kappa shape index (κ3) is 4.37. The minimum absolute atomic E-state index is 0.167. The Morgan fingerprint density at radius 3 is 2.00 bits per heavy atom. The molecule has 0 amide bonds. The lowest BCUT2D eigenvalue weighted by molar-refractivity contribution is 0.533. The lowest BCUT2D eigenvalue weighted by atomic mass is 10.4. The van der Waals surface area contributed by atoms with Gasteiger partial charge in [0.05, 0.1) is 0 Å². The van der Waals surface area contributed by atoms with Crippen LogP contribution in [0.4, 0.5) is 0 Å². The molecule has 0 spiro atoms. The number of hydrogen-bond donors (Lipinski definition) is 2. The van der Waals surface area contributed by atoms with Crippen molar-refractivity contribution in [2.45, 2.75) is 26.9 Å². The van der Waals surface area contributed by atoms with E-state index in [9.17, 15) is 0 Å². The van der Waals surface area contributed by atoms with Crippen LogP contribution < -0.4 is 10.6 Å². The fourth-order valence-corrected chi connectivity index (χ4v) is 0.727. The highest BCUT2D eigenvalue weighted by Crippen LogP contribution is 1.72. The van der Waals surface area contributed by atoms with Crippen molar-refractivity contribution < 1.29 is 0 Å². The summed E-state index contributed by atoms with van der Waals surface area (Å²) in [6.45, 7) is 7.89. The summed E-state index contributed by atoms with van der Waals surface area (Å²) >= 11 is 0. The summed E-state index contributed by atoms with van der Waals surface area (Å²) in [5, 5.41) is 6.40. The van der Waals surface area contributed by atoms with E-state index in [-0.39, 0.29) is 6.17 Å². The van der Waals surface area contributed by atoms with Gasteiger partial charge in [-0.2, -0.15) is 0 Å². The van der Waals surface area contributed by atoms with Crippen LogP contribution in [0.5, 0.6) is 0 Å². The van der Waals surface area contributed by atoms with Gasteiger partial charge in [0.1, 0.15) is 6.17 Å². The molecular formula is C8H16N2. The van der Waals surface area contributed by atoms with Crippen LogP contribution in [-0.4, -0.2) is 19.3 Å². The molecule has 0 saturated carbocycles. The lowest BCUT2D eigenvalue weighted by Crippen LogP contribution is -2.40. The standard InChI is InChI=1S/C8H16N2/c1-4-7-8(9-5-2)10-6-3/h8-10H,5-6H2,1-3H3. The van der Waals surface area contributed by atoms with E-state index in [1.54, 1.807) is 0 Å². The van der Waals surface area contributed by atoms with Crippen molar-refractivity contribution in [3.05, 3.63) is 0 Å². The maximum atomic E-state index is 3.20. The van der Waals surface area contributed by atoms with Gasteiger partial charge in [-0.25, -0.2) is 0 Å². The molecule has 0 atom stereocenters. The third-order valence-corrected chi connectivity index (χ3v) is 1.11. The zero-order chi connectivity index (χ0) is 7.82. The summed E-state index contributed by atoms with van der Waals surface area (Å²) < 4.78 is 0. The Morgan fingerprint density at radius 2 is 1.70 bits per heavy atom. The molecule has 0 bridgehead atoms. The first-order chi connectivity index (χ1) is 4.85. The van der Waals surface area contributed by atoms with Crippen LogP contribution in [0.3, 0.4) is 0 Å². The molecule has 0 aromatic carbocycles. The summed E-state index contributed by atoms with van der Waals surface area (Å²) in [6, 6.07) is 0. The SMILES string of the molecule is CC#CC(NCC)NCC. The summed E-state index contributed by atoms with van der Waals surface area (Å²) in [4.78, 5) is 0. The van der Waals surface area contributed by atoms with Gasteiger partial charge < -0.3 is 0 Å². The van der Waals surface area contributed by atoms with Crippen molar-refractivity contribution in [3.8, 4) is 11.8 Å². The molecule has 0 aromatic heterocycles. The molecule has 58 valence electrons. The van der Waals surface area contributed by atoms with Gasteiger partial charge in [-0.3, -0.25) is 10.6 Å². The fourth-order valence-electron chi connectivity index (χ4n) is 0.727. The van der Waals surface area contributed by atoms with Crippen LogP contribution in [0.1, 0.15) is 20.8 Å². The van der Waals surface area contributed by atoms with Crippen LogP contribution >= 0.6 is 0 Å². The van der Waals surface area contributed by atoms with Crippen molar-refractivity contribution in [3.63, 3.8) is 0 Å². The fraction of sp³-hybridized carbons (Fsp3) is 0.750. The van der Waals surface area contributed by atoms with Gasteiger partial charge in [0.2, 0.25) is 0 Å². The highest BCUT2D eigenvalue weighted by molar-refractivity contribution is 5.03. The number of hydrogen-bond acceptors (Lipinski definition) is 2. The zero-order valence-electron chi connectivity index (χ0n) is 6.99. The molecule has 0 aliphatic heterocycles. The van der Waals surface area contributed by atoms with Crippen molar-refractivity contribution in [1.82, 2.24) is 10.6 Å². The van der Waals surface area contributed by atoms with E-state index in [0.717, 1.165) is 13.1 Å². The highest BCUT2D eigenvalue weighted by atomic mass is 15.1. The molecule has 2 heteroatoms. The maximum Gasteiger partial charge on any atom is 0.121 e. The average molecular weight is 140 g/mol. The predicted molar refractivity (Wildman–Crippen MR) is 44.6 cm³/mol. The molecule has 0 aromatic rings. The van der Waals surface area contributed by atoms with Gasteiger partial charge in [0.15, 0.2) is 0 Å². The molecule has 2 N–H and O–H groups in total. The Labute approximate surface area is 63.4 Å². The van der Waals surface area contributed by atoms with Crippen LogP contribution in [0.15, 0.2) is 0 Å². The molecule has 2 nitrogen and oxygen atoms in total. The first kappa shape index (κ1) is 9.48. The first-order valence-electron chi connectivity index (χ1n) is 3.74. The second kappa shape index (κ2) is 6.60. The molecule has 0 aliphatic rings. The predicted octanol–water partition coefficient (Wildman–Crippen LogP) is 0.555. The lowest BCUT2D eigenvalue weighted by Gasteiger charge is -2.10. The van der Waals surface area contributed by atoms with E-state index in [4.69, 9.17) is 0 Å². The van der Waals surface area contributed by atoms with Crippen LogP contribution in [0.25, 0.3) is 0 Å². The molecular weight excluding hydrogens is 124 g/mol. The summed E-state index contributed by atoms with van der Waals surface area (Å²) in [6.07, 6.45) is 0.167. The highest BCUT2D eigenvalue weighted by Gasteiger charge is 1.96. The van der Waals surface area contributed by atoms with Crippen molar-refractivity contribution >= 4 is 0 Å². The van der Waals surface area contributed by atoms with Gasteiger partial charge in [0, 0.05) is 0 Å². The largest absolute Gasteiger partial charge is 0.292 e. The Morgan fingerprint density at radius 1 is 1.20 bits per heavy atom. The molecule has 0 rings (SSSR count). The van der Waals surface area contributed by atoms with Gasteiger partial charge in [-0.05, 0) is 20.0 Å². The Balaban J connectivity index is 3.57. The molecule has 0 heterocycles.